The Kier molecular flexibility index (Phi) is 4.44. The second-order valence-corrected chi connectivity index (χ2v) is 6.09. The molecule has 2 aromatic carbocycles. The summed E-state index contributed by atoms with van der Waals surface area (Å²) in [4.78, 5) is 1.88. The van der Waals surface area contributed by atoms with E-state index in [1.54, 1.807) is 0 Å². The van der Waals surface area contributed by atoms with Crippen molar-refractivity contribution in [2.24, 2.45) is 5.10 Å². The third-order valence-electron chi connectivity index (χ3n) is 2.48. The standard InChI is InChI=1S/C13H10ClFN2O3S/c14-12-7-9(1-6-13(12)18)8-16-17-21(19,20)11-4-2-10(15)3-5-11/h1-8,17-18H/b16-8+. The molecule has 0 unspecified atom stereocenters. The van der Waals surface area contributed by atoms with Crippen LogP contribution in [-0.2, 0) is 10.0 Å². The average molecular weight is 329 g/mol. The molecule has 0 saturated carbocycles. The number of phenols is 1. The fourth-order valence-electron chi connectivity index (χ4n) is 1.44. The second-order valence-electron chi connectivity index (χ2n) is 4.02. The van der Waals surface area contributed by atoms with Gasteiger partial charge in [0.1, 0.15) is 11.6 Å². The van der Waals surface area contributed by atoms with Gasteiger partial charge in [0.05, 0.1) is 16.1 Å². The molecule has 0 bridgehead atoms. The largest absolute Gasteiger partial charge is 0.506 e. The number of hydrogen-bond donors (Lipinski definition) is 2. The zero-order chi connectivity index (χ0) is 15.5. The van der Waals surface area contributed by atoms with Gasteiger partial charge in [-0.25, -0.2) is 9.22 Å². The lowest BCUT2D eigenvalue weighted by atomic mass is 10.2. The molecule has 8 heteroatoms. The van der Waals surface area contributed by atoms with E-state index in [4.69, 9.17) is 11.6 Å². The molecule has 0 aliphatic rings. The molecule has 0 saturated heterocycles. The number of phenolic OH excluding ortho intramolecular Hbond substituents is 1. The minimum atomic E-state index is -3.86. The molecule has 110 valence electrons. The smallest absolute Gasteiger partial charge is 0.276 e. The number of rotatable bonds is 4. The van der Waals surface area contributed by atoms with Crippen LogP contribution in [0, 0.1) is 5.82 Å². The molecule has 0 atom stereocenters. The summed E-state index contributed by atoms with van der Waals surface area (Å²) in [5, 5.41) is 13.0. The van der Waals surface area contributed by atoms with Crippen molar-refractivity contribution in [3.8, 4) is 5.75 Å². The van der Waals surface area contributed by atoms with Gasteiger partial charge in [0, 0.05) is 0 Å². The highest BCUT2D eigenvalue weighted by atomic mass is 35.5. The Hall–Kier alpha value is -2.12. The molecule has 0 aliphatic carbocycles. The minimum absolute atomic E-state index is 0.0827. The van der Waals surface area contributed by atoms with E-state index >= 15 is 0 Å². The van der Waals surface area contributed by atoms with Gasteiger partial charge in [0.2, 0.25) is 0 Å². The number of nitrogens with one attached hydrogen (secondary N) is 1. The number of nitrogens with zero attached hydrogens (tertiary/aromatic N) is 1. The second kappa shape index (κ2) is 6.11. The van der Waals surface area contributed by atoms with Gasteiger partial charge in [-0.2, -0.15) is 13.5 Å². The normalized spacial score (nSPS) is 11.7. The fraction of sp³-hybridized carbons (Fsp3) is 0. The molecule has 0 radical (unpaired) electrons. The van der Waals surface area contributed by atoms with Gasteiger partial charge < -0.3 is 5.11 Å². The van der Waals surface area contributed by atoms with Crippen LogP contribution < -0.4 is 4.83 Å². The van der Waals surface area contributed by atoms with E-state index in [0.717, 1.165) is 24.3 Å². The molecule has 0 aromatic heterocycles. The molecule has 2 N–H and O–H groups in total. The van der Waals surface area contributed by atoms with Crippen molar-refractivity contribution < 1.29 is 17.9 Å². The predicted molar refractivity (Wildman–Crippen MR) is 77.4 cm³/mol. The maximum Gasteiger partial charge on any atom is 0.276 e. The van der Waals surface area contributed by atoms with E-state index in [1.165, 1.54) is 24.4 Å². The molecule has 0 amide bonds. The summed E-state index contributed by atoms with van der Waals surface area (Å²) in [7, 11) is -3.86. The van der Waals surface area contributed by atoms with E-state index < -0.39 is 15.8 Å². The Morgan fingerprint density at radius 3 is 2.48 bits per heavy atom. The molecule has 0 heterocycles. The summed E-state index contributed by atoms with van der Waals surface area (Å²) in [5.41, 5.74) is 0.500. The maximum absolute atomic E-state index is 12.7. The number of aromatic hydroxyl groups is 1. The summed E-state index contributed by atoms with van der Waals surface area (Å²) in [6.07, 6.45) is 1.23. The first-order valence-corrected chi connectivity index (χ1v) is 7.53. The zero-order valence-electron chi connectivity index (χ0n) is 10.5. The summed E-state index contributed by atoms with van der Waals surface area (Å²) < 4.78 is 36.4. The fourth-order valence-corrected chi connectivity index (χ4v) is 2.42. The lowest BCUT2D eigenvalue weighted by molar-refractivity contribution is 0.475. The van der Waals surface area contributed by atoms with Gasteiger partial charge in [-0.3, -0.25) is 0 Å². The summed E-state index contributed by atoms with van der Waals surface area (Å²) in [5.74, 6) is -0.614. The number of hydrazone groups is 1. The van der Waals surface area contributed by atoms with Crippen molar-refractivity contribution in [1.29, 1.82) is 0 Å². The van der Waals surface area contributed by atoms with Crippen LogP contribution >= 0.6 is 11.6 Å². The number of sulfonamides is 1. The predicted octanol–water partition coefficient (Wildman–Crippen LogP) is 2.50. The lowest BCUT2D eigenvalue weighted by Crippen LogP contribution is -2.18. The molecule has 21 heavy (non-hydrogen) atoms. The first-order chi connectivity index (χ1) is 9.88. The first-order valence-electron chi connectivity index (χ1n) is 5.67. The third-order valence-corrected chi connectivity index (χ3v) is 4.02. The molecule has 2 aromatic rings. The Morgan fingerprint density at radius 2 is 1.86 bits per heavy atom. The first kappa shape index (κ1) is 15.3. The monoisotopic (exact) mass is 328 g/mol. The van der Waals surface area contributed by atoms with Crippen molar-refractivity contribution in [2.45, 2.75) is 4.90 Å². The van der Waals surface area contributed by atoms with Crippen molar-refractivity contribution in [3.63, 3.8) is 0 Å². The topological polar surface area (TPSA) is 78.8 Å². The third kappa shape index (κ3) is 3.93. The van der Waals surface area contributed by atoms with Gasteiger partial charge >= 0.3 is 0 Å². The summed E-state index contributed by atoms with van der Waals surface area (Å²) in [6.45, 7) is 0. The van der Waals surface area contributed by atoms with Gasteiger partial charge in [-0.15, -0.1) is 0 Å². The Balaban J connectivity index is 2.12. The van der Waals surface area contributed by atoms with E-state index in [0.29, 0.717) is 5.56 Å². The Bertz CT molecular complexity index is 777. The Morgan fingerprint density at radius 1 is 1.19 bits per heavy atom. The molecule has 5 nitrogen and oxygen atoms in total. The molecular formula is C13H10ClFN2O3S. The van der Waals surface area contributed by atoms with Crippen molar-refractivity contribution in [1.82, 2.24) is 4.83 Å². The highest BCUT2D eigenvalue weighted by Crippen LogP contribution is 2.22. The highest BCUT2D eigenvalue weighted by molar-refractivity contribution is 7.89. The van der Waals surface area contributed by atoms with Crippen LogP contribution in [0.2, 0.25) is 5.02 Å². The van der Waals surface area contributed by atoms with Crippen molar-refractivity contribution in [2.75, 3.05) is 0 Å². The molecular weight excluding hydrogens is 319 g/mol. The minimum Gasteiger partial charge on any atom is -0.506 e. The van der Waals surface area contributed by atoms with Crippen LogP contribution in [0.15, 0.2) is 52.5 Å². The van der Waals surface area contributed by atoms with Crippen LogP contribution in [0.25, 0.3) is 0 Å². The van der Waals surface area contributed by atoms with Gasteiger partial charge in [0.15, 0.2) is 0 Å². The van der Waals surface area contributed by atoms with Gasteiger partial charge in [-0.05, 0) is 48.0 Å². The summed E-state index contributed by atoms with van der Waals surface area (Å²) >= 11 is 5.71. The lowest BCUT2D eigenvalue weighted by Gasteiger charge is -2.03. The van der Waals surface area contributed by atoms with E-state index in [2.05, 4.69) is 5.10 Å². The SMILES string of the molecule is O=S(=O)(N/N=C/c1ccc(O)c(Cl)c1)c1ccc(F)cc1. The molecule has 2 rings (SSSR count). The van der Waals surface area contributed by atoms with Crippen LogP contribution in [-0.4, -0.2) is 19.7 Å². The molecule has 0 aliphatic heterocycles. The average Bonchev–Trinajstić information content (AvgIpc) is 2.43. The van der Waals surface area contributed by atoms with Gasteiger partial charge in [-0.1, -0.05) is 11.6 Å². The molecule has 0 fully saturated rings. The van der Waals surface area contributed by atoms with Crippen LogP contribution in [0.5, 0.6) is 5.75 Å². The van der Waals surface area contributed by atoms with E-state index in [1.807, 2.05) is 4.83 Å². The Labute approximate surface area is 125 Å². The van der Waals surface area contributed by atoms with Crippen LogP contribution in [0.4, 0.5) is 4.39 Å². The maximum atomic E-state index is 12.7. The van der Waals surface area contributed by atoms with Crippen molar-refractivity contribution >= 4 is 27.8 Å². The number of benzene rings is 2. The van der Waals surface area contributed by atoms with E-state index in [-0.39, 0.29) is 15.7 Å². The molecule has 0 spiro atoms. The van der Waals surface area contributed by atoms with Gasteiger partial charge in [0.25, 0.3) is 10.0 Å². The summed E-state index contributed by atoms with van der Waals surface area (Å²) in [6, 6.07) is 8.63. The zero-order valence-corrected chi connectivity index (χ0v) is 12.1. The van der Waals surface area contributed by atoms with Crippen LogP contribution in [0.3, 0.4) is 0 Å². The highest BCUT2D eigenvalue weighted by Gasteiger charge is 2.12. The van der Waals surface area contributed by atoms with E-state index in [9.17, 15) is 17.9 Å². The quantitative estimate of drug-likeness (QED) is 0.668. The number of hydrogen-bond acceptors (Lipinski definition) is 4. The van der Waals surface area contributed by atoms with Crippen LogP contribution in [0.1, 0.15) is 5.56 Å². The van der Waals surface area contributed by atoms with Crippen molar-refractivity contribution in [3.05, 3.63) is 58.9 Å². The number of halogens is 2.